The molecule has 1 aliphatic rings. The van der Waals surface area contributed by atoms with Crippen molar-refractivity contribution in [2.24, 2.45) is 17.3 Å². The van der Waals surface area contributed by atoms with E-state index in [2.05, 4.69) is 0 Å². The van der Waals surface area contributed by atoms with E-state index < -0.39 is 11.4 Å². The molecule has 0 amide bonds. The van der Waals surface area contributed by atoms with E-state index in [-0.39, 0.29) is 17.6 Å². The molecule has 0 N–H and O–H groups in total. The first-order chi connectivity index (χ1) is 7.35. The third-order valence-corrected chi connectivity index (χ3v) is 3.74. The van der Waals surface area contributed by atoms with Gasteiger partial charge in [0.1, 0.15) is 5.41 Å². The Labute approximate surface area is 96.9 Å². The summed E-state index contributed by atoms with van der Waals surface area (Å²) in [6, 6.07) is 0. The molecule has 1 rings (SSSR count). The number of ether oxygens (including phenoxy) is 1. The Morgan fingerprint density at radius 1 is 1.50 bits per heavy atom. The molecule has 0 fully saturated rings. The van der Waals surface area contributed by atoms with Gasteiger partial charge in [-0.2, -0.15) is 0 Å². The van der Waals surface area contributed by atoms with Crippen molar-refractivity contribution >= 4 is 11.8 Å². The summed E-state index contributed by atoms with van der Waals surface area (Å²) in [5.74, 6) is -0.307. The summed E-state index contributed by atoms with van der Waals surface area (Å²) >= 11 is 0. The van der Waals surface area contributed by atoms with Crippen LogP contribution in [0.1, 0.15) is 34.6 Å². The minimum atomic E-state index is -1.02. The Balaban J connectivity index is 3.15. The number of allylic oxidation sites excluding steroid dienone is 2. The van der Waals surface area contributed by atoms with Gasteiger partial charge in [-0.3, -0.25) is 9.59 Å². The predicted molar refractivity (Wildman–Crippen MR) is 61.8 cm³/mol. The number of carbonyl (C=O) groups excluding carboxylic acids is 2. The Morgan fingerprint density at radius 3 is 2.56 bits per heavy atom. The summed E-state index contributed by atoms with van der Waals surface area (Å²) in [6.45, 7) is 9.49. The van der Waals surface area contributed by atoms with Crippen LogP contribution in [0.4, 0.5) is 0 Å². The highest BCUT2D eigenvalue weighted by Crippen LogP contribution is 2.41. The van der Waals surface area contributed by atoms with E-state index in [0.29, 0.717) is 12.2 Å². The highest BCUT2D eigenvalue weighted by atomic mass is 16.5. The van der Waals surface area contributed by atoms with Crippen molar-refractivity contribution in [3.05, 3.63) is 11.6 Å². The smallest absolute Gasteiger partial charge is 0.319 e. The molecule has 0 saturated carbocycles. The van der Waals surface area contributed by atoms with Crippen molar-refractivity contribution in [1.29, 1.82) is 0 Å². The van der Waals surface area contributed by atoms with Crippen LogP contribution in [0.5, 0.6) is 0 Å². The molecule has 0 unspecified atom stereocenters. The lowest BCUT2D eigenvalue weighted by Gasteiger charge is -2.38. The molecule has 0 aromatic carbocycles. The van der Waals surface area contributed by atoms with Gasteiger partial charge in [0.15, 0.2) is 5.78 Å². The van der Waals surface area contributed by atoms with Crippen LogP contribution in [-0.2, 0) is 14.3 Å². The van der Waals surface area contributed by atoms with E-state index >= 15 is 0 Å². The van der Waals surface area contributed by atoms with Crippen molar-refractivity contribution in [2.45, 2.75) is 34.6 Å². The van der Waals surface area contributed by atoms with Crippen molar-refractivity contribution in [3.63, 3.8) is 0 Å². The van der Waals surface area contributed by atoms with Gasteiger partial charge < -0.3 is 4.74 Å². The average molecular weight is 224 g/mol. The maximum atomic E-state index is 12.2. The lowest BCUT2D eigenvalue weighted by molar-refractivity contribution is -0.162. The molecule has 3 atom stereocenters. The van der Waals surface area contributed by atoms with Gasteiger partial charge in [0.25, 0.3) is 0 Å². The molecule has 0 aliphatic heterocycles. The quantitative estimate of drug-likeness (QED) is 0.534. The zero-order valence-corrected chi connectivity index (χ0v) is 10.7. The molecule has 0 aromatic heterocycles. The first-order valence-electron chi connectivity index (χ1n) is 5.76. The number of esters is 1. The zero-order chi connectivity index (χ0) is 12.5. The van der Waals surface area contributed by atoms with Crippen molar-refractivity contribution in [3.8, 4) is 0 Å². The van der Waals surface area contributed by atoms with E-state index in [1.54, 1.807) is 20.8 Å². The Morgan fingerprint density at radius 2 is 2.06 bits per heavy atom. The molecule has 0 spiro atoms. The topological polar surface area (TPSA) is 43.4 Å². The van der Waals surface area contributed by atoms with E-state index in [0.717, 1.165) is 0 Å². The van der Waals surface area contributed by atoms with Crippen molar-refractivity contribution < 1.29 is 14.3 Å². The molecule has 1 aliphatic carbocycles. The molecule has 0 aromatic rings. The minimum absolute atomic E-state index is 0.0252. The Bertz CT molecular complexity index is 343. The van der Waals surface area contributed by atoms with Crippen LogP contribution < -0.4 is 0 Å². The average Bonchev–Trinajstić information content (AvgIpc) is 2.24. The molecule has 0 heterocycles. The third-order valence-electron chi connectivity index (χ3n) is 3.74. The van der Waals surface area contributed by atoms with Gasteiger partial charge in [-0.15, -0.1) is 0 Å². The monoisotopic (exact) mass is 224 g/mol. The summed E-state index contributed by atoms with van der Waals surface area (Å²) in [4.78, 5) is 24.1. The van der Waals surface area contributed by atoms with Gasteiger partial charge in [-0.05, 0) is 38.2 Å². The van der Waals surface area contributed by atoms with Gasteiger partial charge >= 0.3 is 5.97 Å². The van der Waals surface area contributed by atoms with Crippen molar-refractivity contribution in [2.75, 3.05) is 6.61 Å². The second-order valence-electron chi connectivity index (χ2n) is 4.75. The first-order valence-corrected chi connectivity index (χ1v) is 5.76. The predicted octanol–water partition coefficient (Wildman–Crippen LogP) is 2.36. The van der Waals surface area contributed by atoms with Gasteiger partial charge in [0.05, 0.1) is 6.61 Å². The van der Waals surface area contributed by atoms with E-state index in [4.69, 9.17) is 4.74 Å². The Kier molecular flexibility index (Phi) is 3.56. The maximum absolute atomic E-state index is 12.2. The Hall–Kier alpha value is -1.12. The summed E-state index contributed by atoms with van der Waals surface area (Å²) in [6.07, 6.45) is 1.94. The van der Waals surface area contributed by atoms with Gasteiger partial charge in [-0.1, -0.05) is 19.9 Å². The molecular weight excluding hydrogens is 204 g/mol. The van der Waals surface area contributed by atoms with Crippen LogP contribution in [0.3, 0.4) is 0 Å². The highest BCUT2D eigenvalue weighted by Gasteiger charge is 2.51. The molecule has 3 heteroatoms. The second-order valence-corrected chi connectivity index (χ2v) is 4.75. The van der Waals surface area contributed by atoms with Crippen LogP contribution in [0.2, 0.25) is 0 Å². The van der Waals surface area contributed by atoms with Crippen molar-refractivity contribution in [1.82, 2.24) is 0 Å². The summed E-state index contributed by atoms with van der Waals surface area (Å²) in [5.41, 5.74) is -0.352. The van der Waals surface area contributed by atoms with Crippen LogP contribution in [0.15, 0.2) is 11.6 Å². The number of Topliss-reactive ketones (excluding diaryl/α,β-unsaturated/α-hetero) is 1. The number of ketones is 1. The molecule has 0 bridgehead atoms. The number of carbonyl (C=O) groups is 2. The van der Waals surface area contributed by atoms with Crippen LogP contribution >= 0.6 is 0 Å². The van der Waals surface area contributed by atoms with Crippen LogP contribution in [-0.4, -0.2) is 18.4 Å². The molecule has 3 nitrogen and oxygen atoms in total. The number of hydrogen-bond donors (Lipinski definition) is 0. The molecule has 16 heavy (non-hydrogen) atoms. The van der Waals surface area contributed by atoms with E-state index in [1.807, 2.05) is 19.9 Å². The molecule has 0 saturated heterocycles. The van der Waals surface area contributed by atoms with E-state index in [9.17, 15) is 9.59 Å². The maximum Gasteiger partial charge on any atom is 0.319 e. The summed E-state index contributed by atoms with van der Waals surface area (Å²) in [5, 5.41) is 0. The standard InChI is InChI=1S/C13H20O3/c1-6-16-12(15)13(5)10(4)8(2)7-9(3)11(13)14/h7-8,10H,6H2,1-5H3/t8-,10-,13-/m1/s1. The molecular formula is C13H20O3. The normalized spacial score (nSPS) is 34.6. The fourth-order valence-electron chi connectivity index (χ4n) is 2.32. The minimum Gasteiger partial charge on any atom is -0.465 e. The van der Waals surface area contributed by atoms with Gasteiger partial charge in [-0.25, -0.2) is 0 Å². The van der Waals surface area contributed by atoms with E-state index in [1.165, 1.54) is 0 Å². The SMILES string of the molecule is CCOC(=O)[C@@]1(C)C(=O)C(C)=C[C@@H](C)[C@H]1C. The molecule has 90 valence electrons. The summed E-state index contributed by atoms with van der Waals surface area (Å²) in [7, 11) is 0. The first kappa shape index (κ1) is 12.9. The highest BCUT2D eigenvalue weighted by molar-refractivity contribution is 6.12. The zero-order valence-electron chi connectivity index (χ0n) is 10.7. The number of hydrogen-bond acceptors (Lipinski definition) is 3. The number of rotatable bonds is 2. The lowest BCUT2D eigenvalue weighted by atomic mass is 9.64. The van der Waals surface area contributed by atoms with Crippen LogP contribution in [0.25, 0.3) is 0 Å². The fourth-order valence-corrected chi connectivity index (χ4v) is 2.32. The lowest BCUT2D eigenvalue weighted by Crippen LogP contribution is -2.48. The fraction of sp³-hybridized carbons (Fsp3) is 0.692. The third kappa shape index (κ3) is 1.79. The van der Waals surface area contributed by atoms with Crippen LogP contribution in [0, 0.1) is 17.3 Å². The van der Waals surface area contributed by atoms with Gasteiger partial charge in [0.2, 0.25) is 0 Å². The largest absolute Gasteiger partial charge is 0.465 e. The van der Waals surface area contributed by atoms with Gasteiger partial charge in [0, 0.05) is 0 Å². The summed E-state index contributed by atoms with van der Waals surface area (Å²) < 4.78 is 5.03. The second kappa shape index (κ2) is 4.40. The molecule has 0 radical (unpaired) electrons.